The van der Waals surface area contributed by atoms with Crippen molar-refractivity contribution >= 4 is 11.8 Å². The third-order valence-corrected chi connectivity index (χ3v) is 7.92. The summed E-state index contributed by atoms with van der Waals surface area (Å²) in [7, 11) is 6.57. The van der Waals surface area contributed by atoms with Crippen LogP contribution in [0.3, 0.4) is 0 Å². The SMILES string of the molecule is COc1ccc(CCC(=O)N2C[C@H]3OCCCCCCCCN(C)C(=O)c4ccccc4O[C@@H]3C2)c(OC)c1OC. The predicted molar refractivity (Wildman–Crippen MR) is 156 cm³/mol. The summed E-state index contributed by atoms with van der Waals surface area (Å²) in [5.41, 5.74) is 1.40. The molecule has 1 fully saturated rings. The number of hydrogen-bond acceptors (Lipinski definition) is 7. The lowest BCUT2D eigenvalue weighted by molar-refractivity contribution is -0.130. The van der Waals surface area contributed by atoms with Gasteiger partial charge in [0.25, 0.3) is 5.91 Å². The Labute approximate surface area is 243 Å². The van der Waals surface area contributed by atoms with Crippen molar-refractivity contribution in [2.45, 2.75) is 63.6 Å². The number of fused-ring (bicyclic) bond motifs is 2. The van der Waals surface area contributed by atoms with E-state index in [9.17, 15) is 9.59 Å². The van der Waals surface area contributed by atoms with E-state index in [1.54, 1.807) is 26.2 Å². The summed E-state index contributed by atoms with van der Waals surface area (Å²) in [6, 6.07) is 11.1. The number of amides is 2. The van der Waals surface area contributed by atoms with E-state index >= 15 is 0 Å². The van der Waals surface area contributed by atoms with E-state index in [2.05, 4.69) is 0 Å². The number of carbonyl (C=O) groups is 2. The average Bonchev–Trinajstić information content (AvgIpc) is 3.39. The van der Waals surface area contributed by atoms with Gasteiger partial charge in [-0.3, -0.25) is 9.59 Å². The van der Waals surface area contributed by atoms with Gasteiger partial charge >= 0.3 is 0 Å². The third kappa shape index (κ3) is 7.64. The van der Waals surface area contributed by atoms with E-state index in [1.807, 2.05) is 48.3 Å². The van der Waals surface area contributed by atoms with E-state index in [-0.39, 0.29) is 24.0 Å². The van der Waals surface area contributed by atoms with Crippen molar-refractivity contribution in [3.8, 4) is 23.0 Å². The second-order valence-electron chi connectivity index (χ2n) is 10.7. The molecule has 0 bridgehead atoms. The number of methoxy groups -OCH3 is 3. The topological polar surface area (TPSA) is 86.8 Å². The second kappa shape index (κ2) is 15.0. The Balaban J connectivity index is 1.49. The van der Waals surface area contributed by atoms with E-state index in [4.69, 9.17) is 23.7 Å². The van der Waals surface area contributed by atoms with Gasteiger partial charge in [0.2, 0.25) is 11.7 Å². The average molecular weight is 569 g/mol. The summed E-state index contributed by atoms with van der Waals surface area (Å²) in [5, 5.41) is 0. The molecule has 0 aliphatic carbocycles. The number of hydrogen-bond donors (Lipinski definition) is 0. The van der Waals surface area contributed by atoms with Crippen molar-refractivity contribution in [1.82, 2.24) is 9.80 Å². The van der Waals surface area contributed by atoms with Crippen molar-refractivity contribution in [3.63, 3.8) is 0 Å². The molecule has 2 aromatic rings. The molecular weight excluding hydrogens is 524 g/mol. The number of carbonyl (C=O) groups excluding carboxylic acids is 2. The monoisotopic (exact) mass is 568 g/mol. The van der Waals surface area contributed by atoms with Crippen LogP contribution in [0.2, 0.25) is 0 Å². The Morgan fingerprint density at radius 1 is 0.878 bits per heavy atom. The molecule has 0 radical (unpaired) electrons. The number of aryl methyl sites for hydroxylation is 1. The maximum absolute atomic E-state index is 13.4. The van der Waals surface area contributed by atoms with Crippen LogP contribution in [0, 0.1) is 0 Å². The van der Waals surface area contributed by atoms with Gasteiger partial charge in [0.05, 0.1) is 40.0 Å². The van der Waals surface area contributed by atoms with Gasteiger partial charge in [0.15, 0.2) is 11.5 Å². The maximum atomic E-state index is 13.4. The molecule has 2 amide bonds. The summed E-state index contributed by atoms with van der Waals surface area (Å²) in [6.45, 7) is 2.18. The first-order valence-electron chi connectivity index (χ1n) is 14.6. The Morgan fingerprint density at radius 3 is 2.34 bits per heavy atom. The van der Waals surface area contributed by atoms with Crippen molar-refractivity contribution in [1.29, 1.82) is 0 Å². The summed E-state index contributed by atoms with van der Waals surface area (Å²) in [5.74, 6) is 2.14. The zero-order valence-corrected chi connectivity index (χ0v) is 24.9. The second-order valence-corrected chi connectivity index (χ2v) is 10.7. The van der Waals surface area contributed by atoms with Gasteiger partial charge in [0.1, 0.15) is 18.0 Å². The molecule has 2 aliphatic heterocycles. The molecule has 9 heteroatoms. The standard InChI is InChI=1S/C32H44N2O7/c1-33-19-11-7-5-6-8-12-20-40-27-21-34(22-28(27)41-25-14-10-9-13-24(25)32(33)36)29(35)18-16-23-15-17-26(37-2)31(39-4)30(23)38-3/h9-10,13-15,17,27-28H,5-8,11-12,16,18-22H2,1-4H3/t27-,28-/m1/s1. The van der Waals surface area contributed by atoms with Crippen LogP contribution in [0.1, 0.15) is 60.9 Å². The summed E-state index contributed by atoms with van der Waals surface area (Å²) >= 11 is 0. The molecule has 0 saturated carbocycles. The summed E-state index contributed by atoms with van der Waals surface area (Å²) in [4.78, 5) is 30.3. The van der Waals surface area contributed by atoms with Crippen LogP contribution in [0.15, 0.2) is 36.4 Å². The molecular formula is C32H44N2O7. The van der Waals surface area contributed by atoms with Crippen LogP contribution in [0.4, 0.5) is 0 Å². The number of likely N-dealkylation sites (tertiary alicyclic amines) is 1. The highest BCUT2D eigenvalue weighted by Gasteiger charge is 2.38. The van der Waals surface area contributed by atoms with Crippen LogP contribution in [-0.2, 0) is 16.0 Å². The minimum Gasteiger partial charge on any atom is -0.493 e. The summed E-state index contributed by atoms with van der Waals surface area (Å²) < 4.78 is 29.2. The van der Waals surface area contributed by atoms with E-state index in [0.29, 0.717) is 61.1 Å². The van der Waals surface area contributed by atoms with Gasteiger partial charge in [-0.1, -0.05) is 43.9 Å². The Kier molecular flexibility index (Phi) is 11.1. The molecule has 0 N–H and O–H groups in total. The van der Waals surface area contributed by atoms with E-state index < -0.39 is 0 Å². The van der Waals surface area contributed by atoms with E-state index in [0.717, 1.165) is 50.6 Å². The van der Waals surface area contributed by atoms with Crippen LogP contribution in [0.25, 0.3) is 0 Å². The third-order valence-electron chi connectivity index (χ3n) is 7.92. The molecule has 0 aromatic heterocycles. The van der Waals surface area contributed by atoms with Crippen LogP contribution >= 0.6 is 0 Å². The largest absolute Gasteiger partial charge is 0.493 e. The fraction of sp³-hybridized carbons (Fsp3) is 0.562. The zero-order valence-electron chi connectivity index (χ0n) is 24.9. The molecule has 2 heterocycles. The molecule has 2 aliphatic rings. The van der Waals surface area contributed by atoms with Crippen LogP contribution in [0.5, 0.6) is 23.0 Å². The highest BCUT2D eigenvalue weighted by molar-refractivity contribution is 5.96. The fourth-order valence-electron chi connectivity index (χ4n) is 5.59. The molecule has 4 rings (SSSR count). The lowest BCUT2D eigenvalue weighted by Gasteiger charge is -2.24. The minimum atomic E-state index is -0.373. The zero-order chi connectivity index (χ0) is 29.2. The smallest absolute Gasteiger partial charge is 0.257 e. The van der Waals surface area contributed by atoms with Crippen molar-refractivity contribution in [3.05, 3.63) is 47.5 Å². The van der Waals surface area contributed by atoms with Crippen molar-refractivity contribution in [2.24, 2.45) is 0 Å². The van der Waals surface area contributed by atoms with Gasteiger partial charge in [-0.2, -0.15) is 0 Å². The molecule has 1 saturated heterocycles. The van der Waals surface area contributed by atoms with Crippen molar-refractivity contribution < 1.29 is 33.3 Å². The lowest BCUT2D eigenvalue weighted by atomic mass is 10.1. The molecule has 0 spiro atoms. The van der Waals surface area contributed by atoms with Crippen LogP contribution < -0.4 is 18.9 Å². The lowest BCUT2D eigenvalue weighted by Crippen LogP contribution is -2.34. The van der Waals surface area contributed by atoms with Crippen molar-refractivity contribution in [2.75, 3.05) is 54.6 Å². The molecule has 41 heavy (non-hydrogen) atoms. The highest BCUT2D eigenvalue weighted by atomic mass is 16.5. The number of nitrogens with zero attached hydrogens (tertiary/aromatic N) is 2. The molecule has 2 atom stereocenters. The minimum absolute atomic E-state index is 0.0107. The quantitative estimate of drug-likeness (QED) is 0.497. The fourth-order valence-corrected chi connectivity index (χ4v) is 5.59. The number of para-hydroxylation sites is 1. The van der Waals surface area contributed by atoms with E-state index in [1.165, 1.54) is 0 Å². The van der Waals surface area contributed by atoms with Gasteiger partial charge in [-0.15, -0.1) is 0 Å². The normalized spacial score (nSPS) is 20.5. The molecule has 2 aromatic carbocycles. The molecule has 224 valence electrons. The Morgan fingerprint density at radius 2 is 1.59 bits per heavy atom. The maximum Gasteiger partial charge on any atom is 0.257 e. The molecule has 0 unspecified atom stereocenters. The highest BCUT2D eigenvalue weighted by Crippen LogP contribution is 2.40. The van der Waals surface area contributed by atoms with Gasteiger partial charge in [0, 0.05) is 26.6 Å². The number of ether oxygens (including phenoxy) is 5. The number of rotatable bonds is 6. The summed E-state index contributed by atoms with van der Waals surface area (Å²) in [6.07, 6.45) is 6.61. The Hall–Kier alpha value is -3.46. The van der Waals surface area contributed by atoms with Crippen LogP contribution in [-0.4, -0.2) is 88.4 Å². The van der Waals surface area contributed by atoms with Gasteiger partial charge in [-0.05, 0) is 43.0 Å². The Bertz CT molecular complexity index is 1170. The first-order chi connectivity index (χ1) is 20.0. The van der Waals surface area contributed by atoms with Gasteiger partial charge in [-0.25, -0.2) is 0 Å². The first kappa shape index (κ1) is 30.5. The van der Waals surface area contributed by atoms with Gasteiger partial charge < -0.3 is 33.5 Å². The molecule has 9 nitrogen and oxygen atoms in total. The number of benzene rings is 2. The predicted octanol–water partition coefficient (Wildman–Crippen LogP) is 4.75. The first-order valence-corrected chi connectivity index (χ1v) is 14.6.